The average Bonchev–Trinajstić information content (AvgIpc) is 2.52. The van der Waals surface area contributed by atoms with Gasteiger partial charge in [-0.1, -0.05) is 44.2 Å². The van der Waals surface area contributed by atoms with Gasteiger partial charge in [-0.05, 0) is 17.6 Å². The number of nitrogens with zero attached hydrogens (tertiary/aromatic N) is 1. The van der Waals surface area contributed by atoms with E-state index in [1.54, 1.807) is 6.08 Å². The number of nitrogens with one attached hydrogen (secondary N) is 1. The van der Waals surface area contributed by atoms with Crippen molar-refractivity contribution >= 4 is 12.0 Å². The van der Waals surface area contributed by atoms with Crippen LogP contribution in [0.2, 0.25) is 0 Å². The molecule has 0 spiro atoms. The van der Waals surface area contributed by atoms with Crippen LogP contribution in [0, 0.1) is 5.92 Å². The predicted molar refractivity (Wildman–Crippen MR) is 89.5 cm³/mol. The van der Waals surface area contributed by atoms with Crippen molar-refractivity contribution in [2.75, 3.05) is 32.8 Å². The Balaban J connectivity index is 1.73. The molecule has 2 rings (SSSR count). The molecule has 1 aromatic rings. The topological polar surface area (TPSA) is 41.6 Å². The number of carbonyl (C=O) groups is 1. The van der Waals surface area contributed by atoms with E-state index < -0.39 is 0 Å². The van der Waals surface area contributed by atoms with E-state index in [4.69, 9.17) is 4.74 Å². The molecule has 1 atom stereocenters. The number of benzene rings is 1. The first-order valence-corrected chi connectivity index (χ1v) is 7.98. The maximum atomic E-state index is 11.9. The predicted octanol–water partition coefficient (Wildman–Crippen LogP) is 2.17. The van der Waals surface area contributed by atoms with Gasteiger partial charge in [0, 0.05) is 32.3 Å². The zero-order valence-corrected chi connectivity index (χ0v) is 13.5. The quantitative estimate of drug-likeness (QED) is 0.819. The summed E-state index contributed by atoms with van der Waals surface area (Å²) in [5.74, 6) is 0.579. The van der Waals surface area contributed by atoms with Crippen molar-refractivity contribution in [2.24, 2.45) is 5.92 Å². The first kappa shape index (κ1) is 16.7. The summed E-state index contributed by atoms with van der Waals surface area (Å²) >= 11 is 0. The van der Waals surface area contributed by atoms with E-state index in [1.807, 2.05) is 36.4 Å². The molecule has 1 saturated heterocycles. The van der Waals surface area contributed by atoms with Crippen molar-refractivity contribution in [2.45, 2.75) is 20.0 Å². The molecule has 1 fully saturated rings. The van der Waals surface area contributed by atoms with Crippen LogP contribution >= 0.6 is 0 Å². The first-order chi connectivity index (χ1) is 10.6. The molecule has 1 aliphatic rings. The molecule has 1 aromatic carbocycles. The average molecular weight is 302 g/mol. The Morgan fingerprint density at radius 2 is 2.18 bits per heavy atom. The molecule has 0 radical (unpaired) electrons. The van der Waals surface area contributed by atoms with E-state index in [-0.39, 0.29) is 12.0 Å². The van der Waals surface area contributed by atoms with Crippen LogP contribution < -0.4 is 5.32 Å². The van der Waals surface area contributed by atoms with Crippen molar-refractivity contribution in [3.8, 4) is 0 Å². The van der Waals surface area contributed by atoms with Gasteiger partial charge in [0.15, 0.2) is 0 Å². The standard InChI is InChI=1S/C18H26N2O2/c1-15(2)13-20-10-11-22-17(14-20)12-19-18(21)9-8-16-6-4-3-5-7-16/h3-9,15,17H,10-14H2,1-2H3,(H,19,21)/b9-8+. The third-order valence-electron chi connectivity index (χ3n) is 3.58. The second-order valence-electron chi connectivity index (χ2n) is 6.14. The number of rotatable bonds is 6. The molecule has 120 valence electrons. The SMILES string of the molecule is CC(C)CN1CCOC(CNC(=O)/C=C/c2ccccc2)C1. The van der Waals surface area contributed by atoms with Crippen LogP contribution in [0.1, 0.15) is 19.4 Å². The van der Waals surface area contributed by atoms with Crippen LogP contribution in [-0.4, -0.2) is 49.7 Å². The van der Waals surface area contributed by atoms with E-state index in [0.29, 0.717) is 12.5 Å². The van der Waals surface area contributed by atoms with Crippen LogP contribution in [0.25, 0.3) is 6.08 Å². The lowest BCUT2D eigenvalue weighted by Crippen LogP contribution is -2.48. The molecule has 1 unspecified atom stereocenters. The van der Waals surface area contributed by atoms with Crippen molar-refractivity contribution in [1.82, 2.24) is 10.2 Å². The lowest BCUT2D eigenvalue weighted by atomic mass is 10.2. The summed E-state index contributed by atoms with van der Waals surface area (Å²) in [5, 5.41) is 2.92. The fourth-order valence-corrected chi connectivity index (χ4v) is 2.60. The fourth-order valence-electron chi connectivity index (χ4n) is 2.60. The summed E-state index contributed by atoms with van der Waals surface area (Å²) in [6.07, 6.45) is 3.48. The number of morpholine rings is 1. The minimum absolute atomic E-state index is 0.0755. The molecule has 4 heteroatoms. The molecule has 0 bridgehead atoms. The maximum absolute atomic E-state index is 11.9. The summed E-state index contributed by atoms with van der Waals surface area (Å²) in [6.45, 7) is 8.71. The van der Waals surface area contributed by atoms with Crippen LogP contribution in [-0.2, 0) is 9.53 Å². The van der Waals surface area contributed by atoms with Gasteiger partial charge in [-0.3, -0.25) is 9.69 Å². The Morgan fingerprint density at radius 1 is 1.41 bits per heavy atom. The molecule has 1 heterocycles. The number of carbonyl (C=O) groups excluding carboxylic acids is 1. The molecule has 1 amide bonds. The third kappa shape index (κ3) is 6.00. The van der Waals surface area contributed by atoms with Gasteiger partial charge in [0.1, 0.15) is 0 Å². The summed E-state index contributed by atoms with van der Waals surface area (Å²) < 4.78 is 5.72. The first-order valence-electron chi connectivity index (χ1n) is 7.98. The third-order valence-corrected chi connectivity index (χ3v) is 3.58. The van der Waals surface area contributed by atoms with Crippen LogP contribution in [0.3, 0.4) is 0 Å². The van der Waals surface area contributed by atoms with Crippen molar-refractivity contribution in [1.29, 1.82) is 0 Å². The van der Waals surface area contributed by atoms with Gasteiger partial charge in [-0.2, -0.15) is 0 Å². The summed E-state index contributed by atoms with van der Waals surface area (Å²) in [5.41, 5.74) is 1.02. The van der Waals surface area contributed by atoms with Gasteiger partial charge >= 0.3 is 0 Å². The Bertz CT molecular complexity index is 485. The molecular weight excluding hydrogens is 276 g/mol. The van der Waals surface area contributed by atoms with E-state index in [2.05, 4.69) is 24.1 Å². The molecule has 4 nitrogen and oxygen atoms in total. The number of hydrogen-bond acceptors (Lipinski definition) is 3. The highest BCUT2D eigenvalue weighted by Gasteiger charge is 2.20. The van der Waals surface area contributed by atoms with Gasteiger partial charge in [0.25, 0.3) is 0 Å². The highest BCUT2D eigenvalue weighted by atomic mass is 16.5. The summed E-state index contributed by atoms with van der Waals surface area (Å²) in [7, 11) is 0. The lowest BCUT2D eigenvalue weighted by molar-refractivity contribution is -0.117. The molecule has 1 aliphatic heterocycles. The van der Waals surface area contributed by atoms with Gasteiger partial charge in [0.05, 0.1) is 12.7 Å². The van der Waals surface area contributed by atoms with Gasteiger partial charge in [0.2, 0.25) is 5.91 Å². The summed E-state index contributed by atoms with van der Waals surface area (Å²) in [4.78, 5) is 14.3. The second kappa shape index (κ2) is 8.71. The minimum Gasteiger partial charge on any atom is -0.374 e. The van der Waals surface area contributed by atoms with E-state index >= 15 is 0 Å². The highest BCUT2D eigenvalue weighted by Crippen LogP contribution is 2.07. The van der Waals surface area contributed by atoms with Gasteiger partial charge < -0.3 is 10.1 Å². The van der Waals surface area contributed by atoms with E-state index in [9.17, 15) is 4.79 Å². The molecule has 0 aromatic heterocycles. The van der Waals surface area contributed by atoms with Crippen molar-refractivity contribution in [3.63, 3.8) is 0 Å². The zero-order valence-electron chi connectivity index (χ0n) is 13.5. The van der Waals surface area contributed by atoms with E-state index in [0.717, 1.165) is 31.8 Å². The number of hydrogen-bond donors (Lipinski definition) is 1. The fraction of sp³-hybridized carbons (Fsp3) is 0.500. The molecule has 1 N–H and O–H groups in total. The van der Waals surface area contributed by atoms with Crippen LogP contribution in [0.4, 0.5) is 0 Å². The molecule has 22 heavy (non-hydrogen) atoms. The Morgan fingerprint density at radius 3 is 2.91 bits per heavy atom. The second-order valence-corrected chi connectivity index (χ2v) is 6.14. The Hall–Kier alpha value is -1.65. The van der Waals surface area contributed by atoms with E-state index in [1.165, 1.54) is 0 Å². The number of amides is 1. The van der Waals surface area contributed by atoms with Crippen molar-refractivity contribution < 1.29 is 9.53 Å². The van der Waals surface area contributed by atoms with Gasteiger partial charge in [-0.25, -0.2) is 0 Å². The monoisotopic (exact) mass is 302 g/mol. The van der Waals surface area contributed by atoms with Crippen molar-refractivity contribution in [3.05, 3.63) is 42.0 Å². The lowest BCUT2D eigenvalue weighted by Gasteiger charge is -2.33. The largest absolute Gasteiger partial charge is 0.374 e. The Labute approximate surface area is 133 Å². The normalized spacial score (nSPS) is 19.7. The van der Waals surface area contributed by atoms with Crippen LogP contribution in [0.15, 0.2) is 36.4 Å². The smallest absolute Gasteiger partial charge is 0.244 e. The number of ether oxygens (including phenoxy) is 1. The molecular formula is C18H26N2O2. The van der Waals surface area contributed by atoms with Gasteiger partial charge in [-0.15, -0.1) is 0 Å². The maximum Gasteiger partial charge on any atom is 0.244 e. The minimum atomic E-state index is -0.0755. The zero-order chi connectivity index (χ0) is 15.8. The molecule has 0 aliphatic carbocycles. The molecule has 0 saturated carbocycles. The highest BCUT2D eigenvalue weighted by molar-refractivity contribution is 5.91. The van der Waals surface area contributed by atoms with Crippen LogP contribution in [0.5, 0.6) is 0 Å². The Kier molecular flexibility index (Phi) is 6.62. The summed E-state index contributed by atoms with van der Waals surface area (Å²) in [6, 6.07) is 9.81.